The van der Waals surface area contributed by atoms with Crippen LogP contribution in [-0.4, -0.2) is 73.5 Å². The van der Waals surface area contributed by atoms with Crippen molar-refractivity contribution >= 4 is 23.8 Å². The van der Waals surface area contributed by atoms with Crippen molar-refractivity contribution in [1.29, 1.82) is 0 Å². The summed E-state index contributed by atoms with van der Waals surface area (Å²) < 4.78 is 22.0. The molecular weight excluding hydrogens is 480 g/mol. The van der Waals surface area contributed by atoms with Gasteiger partial charge in [-0.3, -0.25) is 9.59 Å². The second-order valence-electron chi connectivity index (χ2n) is 10.3. The highest BCUT2D eigenvalue weighted by Gasteiger charge is 2.60. The summed E-state index contributed by atoms with van der Waals surface area (Å²) in [6.45, 7) is 7.97. The predicted octanol–water partition coefficient (Wildman–Crippen LogP) is 1.56. The van der Waals surface area contributed by atoms with Crippen LogP contribution in [0.3, 0.4) is 0 Å². The van der Waals surface area contributed by atoms with Crippen molar-refractivity contribution in [1.82, 2.24) is 10.6 Å². The minimum absolute atomic E-state index is 0.0108. The lowest BCUT2D eigenvalue weighted by atomic mass is 9.82. The molecule has 10 nitrogen and oxygen atoms in total. The van der Waals surface area contributed by atoms with Crippen LogP contribution in [0.4, 0.5) is 0 Å². The molecule has 4 aliphatic rings. The van der Waals surface area contributed by atoms with E-state index in [9.17, 15) is 19.2 Å². The highest BCUT2D eigenvalue weighted by Crippen LogP contribution is 2.50. The lowest BCUT2D eigenvalue weighted by Gasteiger charge is -2.26. The number of rotatable bonds is 10. The van der Waals surface area contributed by atoms with Crippen LogP contribution in [0.25, 0.3) is 0 Å². The molecule has 0 saturated heterocycles. The van der Waals surface area contributed by atoms with Crippen LogP contribution in [0.2, 0.25) is 0 Å². The van der Waals surface area contributed by atoms with Crippen molar-refractivity contribution < 1.29 is 38.1 Å². The fraction of sp³-hybridized carbons (Fsp3) is 0.556. The van der Waals surface area contributed by atoms with Gasteiger partial charge >= 0.3 is 11.9 Å². The Morgan fingerprint density at radius 2 is 1.22 bits per heavy atom. The molecular formula is C27H34N2O8. The summed E-state index contributed by atoms with van der Waals surface area (Å²) in [5.74, 6) is -1.92. The number of methoxy groups -OCH3 is 2. The van der Waals surface area contributed by atoms with Gasteiger partial charge in [0.2, 0.25) is 11.8 Å². The van der Waals surface area contributed by atoms with E-state index in [2.05, 4.69) is 10.6 Å². The topological polar surface area (TPSA) is 129 Å². The number of carbonyl (C=O) groups is 4. The smallest absolute Gasteiger partial charge is 0.337 e. The quantitative estimate of drug-likeness (QED) is 0.332. The Labute approximate surface area is 216 Å². The summed E-state index contributed by atoms with van der Waals surface area (Å²) in [6.07, 6.45) is 7.94. The Balaban J connectivity index is 1.28. The lowest BCUT2D eigenvalue weighted by molar-refractivity contribution is -0.139. The molecule has 0 aromatic heterocycles. The summed E-state index contributed by atoms with van der Waals surface area (Å²) in [5.41, 5.74) is -1.20. The molecule has 2 amide bonds. The van der Waals surface area contributed by atoms with Gasteiger partial charge in [-0.2, -0.15) is 0 Å². The molecule has 4 heterocycles. The minimum Gasteiger partial charge on any atom is -0.466 e. The van der Waals surface area contributed by atoms with Crippen LogP contribution >= 0.6 is 0 Å². The fourth-order valence-corrected chi connectivity index (χ4v) is 5.54. The largest absolute Gasteiger partial charge is 0.466 e. The van der Waals surface area contributed by atoms with E-state index in [1.54, 1.807) is 19.1 Å². The first-order chi connectivity index (χ1) is 17.4. The molecule has 37 heavy (non-hydrogen) atoms. The van der Waals surface area contributed by atoms with E-state index in [1.807, 2.05) is 32.9 Å². The third kappa shape index (κ3) is 4.31. The number of hydrogen-bond acceptors (Lipinski definition) is 8. The molecule has 0 aromatic carbocycles. The zero-order chi connectivity index (χ0) is 27.2. The number of nitrogens with one attached hydrogen (secondary N) is 2. The molecule has 4 unspecified atom stereocenters. The first-order valence-corrected chi connectivity index (χ1v) is 12.3. The van der Waals surface area contributed by atoms with E-state index in [-0.39, 0.29) is 42.3 Å². The highest BCUT2D eigenvalue weighted by atomic mass is 16.6. The normalized spacial score (nSPS) is 32.8. The van der Waals surface area contributed by atoms with Crippen LogP contribution < -0.4 is 10.6 Å². The van der Waals surface area contributed by atoms with E-state index in [1.165, 1.54) is 14.2 Å². The summed E-state index contributed by atoms with van der Waals surface area (Å²) in [5, 5.41) is 5.68. The van der Waals surface area contributed by atoms with Gasteiger partial charge in [0.1, 0.15) is 22.4 Å². The van der Waals surface area contributed by atoms with Gasteiger partial charge in [0.25, 0.3) is 0 Å². The van der Waals surface area contributed by atoms with Gasteiger partial charge in [0.05, 0.1) is 38.5 Å². The Bertz CT molecular complexity index is 1180. The van der Waals surface area contributed by atoms with Gasteiger partial charge in [0, 0.05) is 12.8 Å². The van der Waals surface area contributed by atoms with Crippen molar-refractivity contribution in [3.8, 4) is 0 Å². The Morgan fingerprint density at radius 3 is 1.76 bits per heavy atom. The van der Waals surface area contributed by atoms with Gasteiger partial charge in [-0.1, -0.05) is 0 Å². The molecule has 0 aliphatic carbocycles. The van der Waals surface area contributed by atoms with Gasteiger partial charge < -0.3 is 29.6 Å². The number of carbonyl (C=O) groups excluding carboxylic acids is 4. The summed E-state index contributed by atoms with van der Waals surface area (Å²) in [7, 11) is 2.42. The molecule has 0 radical (unpaired) electrons. The standard InChI is InChI=1S/C27H34N2O8/c1-16-17(2)26(12-10-24(16,3)36-26)14-28-18(30)8-7-9-19(31)29-15-27-13-11-25(4,37-27)20(22(32)34-5)21(27)23(33)35-6/h10-13H,7-9,14-15H2,1-6H3,(H,28,30)(H,29,31). The third-order valence-electron chi connectivity index (χ3n) is 7.92. The van der Waals surface area contributed by atoms with E-state index in [4.69, 9.17) is 18.9 Å². The maximum absolute atomic E-state index is 12.6. The molecule has 0 fully saturated rings. The number of fused-ring (bicyclic) bond motifs is 4. The molecule has 0 saturated carbocycles. The van der Waals surface area contributed by atoms with Crippen molar-refractivity contribution in [2.45, 2.75) is 69.4 Å². The van der Waals surface area contributed by atoms with Gasteiger partial charge in [0.15, 0.2) is 0 Å². The van der Waals surface area contributed by atoms with Crippen molar-refractivity contribution in [2.24, 2.45) is 0 Å². The van der Waals surface area contributed by atoms with Crippen molar-refractivity contribution in [3.63, 3.8) is 0 Å². The maximum atomic E-state index is 12.6. The third-order valence-corrected chi connectivity index (χ3v) is 7.92. The van der Waals surface area contributed by atoms with Gasteiger partial charge in [-0.05, 0) is 69.6 Å². The highest BCUT2D eigenvalue weighted by molar-refractivity contribution is 6.06. The second-order valence-corrected chi connectivity index (χ2v) is 10.3. The lowest BCUT2D eigenvalue weighted by Crippen LogP contribution is -2.44. The molecule has 0 aromatic rings. The zero-order valence-electron chi connectivity index (χ0n) is 22.1. The molecule has 2 N–H and O–H groups in total. The summed E-state index contributed by atoms with van der Waals surface area (Å²) in [4.78, 5) is 50.0. The van der Waals surface area contributed by atoms with Crippen molar-refractivity contribution in [3.05, 3.63) is 46.6 Å². The number of hydrogen-bond donors (Lipinski definition) is 2. The average Bonchev–Trinajstić information content (AvgIpc) is 3.54. The predicted molar refractivity (Wildman–Crippen MR) is 132 cm³/mol. The Kier molecular flexibility index (Phi) is 6.71. The zero-order valence-corrected chi connectivity index (χ0v) is 22.1. The average molecular weight is 515 g/mol. The van der Waals surface area contributed by atoms with Crippen LogP contribution in [0, 0.1) is 0 Å². The molecule has 10 heteroatoms. The Morgan fingerprint density at radius 1 is 0.730 bits per heavy atom. The Hall–Kier alpha value is -3.24. The molecule has 4 bridgehead atoms. The monoisotopic (exact) mass is 514 g/mol. The van der Waals surface area contributed by atoms with E-state index in [0.29, 0.717) is 13.0 Å². The van der Waals surface area contributed by atoms with Crippen LogP contribution in [0.15, 0.2) is 46.6 Å². The van der Waals surface area contributed by atoms with E-state index in [0.717, 1.165) is 11.1 Å². The first-order valence-electron chi connectivity index (χ1n) is 12.3. The molecule has 4 rings (SSSR count). The molecule has 4 aliphatic heterocycles. The fourth-order valence-electron chi connectivity index (χ4n) is 5.54. The van der Waals surface area contributed by atoms with Crippen LogP contribution in [0.5, 0.6) is 0 Å². The first kappa shape index (κ1) is 26.8. The second kappa shape index (κ2) is 9.25. The van der Waals surface area contributed by atoms with Crippen LogP contribution in [0.1, 0.15) is 47.0 Å². The van der Waals surface area contributed by atoms with Crippen LogP contribution in [-0.2, 0) is 38.1 Å². The number of amides is 2. The van der Waals surface area contributed by atoms with Crippen molar-refractivity contribution in [2.75, 3.05) is 27.3 Å². The SMILES string of the molecule is COC(=O)C1=C(C(=O)OC)C2(CNC(=O)CCCC(=O)NCC34C=CC(C)(O3)C(C)=C4C)C=CC1(C)O2. The summed E-state index contributed by atoms with van der Waals surface area (Å²) in [6, 6.07) is 0. The van der Waals surface area contributed by atoms with E-state index < -0.39 is 34.3 Å². The molecule has 4 atom stereocenters. The molecule has 200 valence electrons. The number of esters is 2. The van der Waals surface area contributed by atoms with Gasteiger partial charge in [-0.15, -0.1) is 0 Å². The number of ether oxygens (including phenoxy) is 4. The van der Waals surface area contributed by atoms with Gasteiger partial charge in [-0.25, -0.2) is 9.59 Å². The summed E-state index contributed by atoms with van der Waals surface area (Å²) >= 11 is 0. The van der Waals surface area contributed by atoms with E-state index >= 15 is 0 Å². The minimum atomic E-state index is -1.34. The maximum Gasteiger partial charge on any atom is 0.337 e. The molecule has 0 spiro atoms.